The highest BCUT2D eigenvalue weighted by Gasteiger charge is 2.09. The summed E-state index contributed by atoms with van der Waals surface area (Å²) in [5, 5.41) is 2.05. The molecule has 0 saturated carbocycles. The number of benzene rings is 1. The van der Waals surface area contributed by atoms with Crippen LogP contribution in [0.1, 0.15) is 25.3 Å². The summed E-state index contributed by atoms with van der Waals surface area (Å²) in [6, 6.07) is 10.5. The van der Waals surface area contributed by atoms with Crippen LogP contribution in [0.25, 0.3) is 10.9 Å². The molecule has 3 heteroatoms. The molecule has 0 radical (unpaired) electrons. The third-order valence-corrected chi connectivity index (χ3v) is 3.74. The molecule has 2 rings (SSSR count). The van der Waals surface area contributed by atoms with Gasteiger partial charge in [-0.15, -0.1) is 0 Å². The first-order valence-corrected chi connectivity index (χ1v) is 7.54. The van der Waals surface area contributed by atoms with Crippen molar-refractivity contribution >= 4 is 32.7 Å². The first-order valence-electron chi connectivity index (χ1n) is 6.42. The summed E-state index contributed by atoms with van der Waals surface area (Å²) < 4.78 is 0. The van der Waals surface area contributed by atoms with Gasteiger partial charge in [0.25, 0.3) is 0 Å². The fourth-order valence-corrected chi connectivity index (χ4v) is 2.49. The summed E-state index contributed by atoms with van der Waals surface area (Å²) in [6.07, 6.45) is 2.41. The van der Waals surface area contributed by atoms with E-state index in [0.29, 0.717) is 0 Å². The van der Waals surface area contributed by atoms with E-state index < -0.39 is 0 Å². The Morgan fingerprint density at radius 1 is 1.28 bits per heavy atom. The van der Waals surface area contributed by atoms with Crippen molar-refractivity contribution in [2.24, 2.45) is 0 Å². The minimum atomic E-state index is 0.844. The monoisotopic (exact) mass is 306 g/mol. The SMILES string of the molecule is CCCCN(C)c1nc2ccccc2cc1CBr. The lowest BCUT2D eigenvalue weighted by Gasteiger charge is -2.21. The fraction of sp³-hybridized carbons (Fsp3) is 0.400. The van der Waals surface area contributed by atoms with E-state index in [0.717, 1.165) is 23.2 Å². The molecule has 0 aliphatic heterocycles. The smallest absolute Gasteiger partial charge is 0.133 e. The maximum atomic E-state index is 4.79. The van der Waals surface area contributed by atoms with Gasteiger partial charge in [-0.05, 0) is 18.6 Å². The topological polar surface area (TPSA) is 16.1 Å². The summed E-state index contributed by atoms with van der Waals surface area (Å²) in [7, 11) is 2.12. The molecule has 18 heavy (non-hydrogen) atoms. The van der Waals surface area contributed by atoms with Crippen LogP contribution in [0.5, 0.6) is 0 Å². The lowest BCUT2D eigenvalue weighted by molar-refractivity contribution is 0.758. The molecule has 0 saturated heterocycles. The maximum absolute atomic E-state index is 4.79. The van der Waals surface area contributed by atoms with Crippen LogP contribution in [0.15, 0.2) is 30.3 Å². The number of rotatable bonds is 5. The number of nitrogens with zero attached hydrogens (tertiary/aromatic N) is 2. The average Bonchev–Trinajstić information content (AvgIpc) is 2.43. The van der Waals surface area contributed by atoms with Crippen molar-refractivity contribution in [1.82, 2.24) is 4.98 Å². The number of aromatic nitrogens is 1. The third kappa shape index (κ3) is 2.83. The molecule has 0 amide bonds. The summed E-state index contributed by atoms with van der Waals surface area (Å²) in [5.74, 6) is 1.10. The number of hydrogen-bond donors (Lipinski definition) is 0. The number of halogens is 1. The summed E-state index contributed by atoms with van der Waals surface area (Å²) >= 11 is 3.56. The third-order valence-electron chi connectivity index (χ3n) is 3.13. The second kappa shape index (κ2) is 6.19. The molecule has 0 aliphatic carbocycles. The van der Waals surface area contributed by atoms with Crippen molar-refractivity contribution in [2.75, 3.05) is 18.5 Å². The normalized spacial score (nSPS) is 10.8. The van der Waals surface area contributed by atoms with Gasteiger partial charge in [-0.25, -0.2) is 4.98 Å². The van der Waals surface area contributed by atoms with Crippen molar-refractivity contribution < 1.29 is 0 Å². The van der Waals surface area contributed by atoms with Crippen LogP contribution < -0.4 is 4.90 Å². The average molecular weight is 307 g/mol. The van der Waals surface area contributed by atoms with Crippen molar-refractivity contribution in [3.63, 3.8) is 0 Å². The van der Waals surface area contributed by atoms with Gasteiger partial charge in [0.15, 0.2) is 0 Å². The summed E-state index contributed by atoms with van der Waals surface area (Å²) in [6.45, 7) is 3.27. The highest BCUT2D eigenvalue weighted by Crippen LogP contribution is 2.25. The summed E-state index contributed by atoms with van der Waals surface area (Å²) in [4.78, 5) is 7.05. The Morgan fingerprint density at radius 3 is 2.78 bits per heavy atom. The molecule has 1 aromatic carbocycles. The lowest BCUT2D eigenvalue weighted by Crippen LogP contribution is -2.21. The predicted molar refractivity (Wildman–Crippen MR) is 82.6 cm³/mol. The molecule has 0 N–H and O–H groups in total. The number of hydrogen-bond acceptors (Lipinski definition) is 2. The largest absolute Gasteiger partial charge is 0.359 e. The van der Waals surface area contributed by atoms with Crippen molar-refractivity contribution in [3.8, 4) is 0 Å². The Bertz CT molecular complexity index is 525. The predicted octanol–water partition coefficient (Wildman–Crippen LogP) is 4.37. The number of unbranched alkanes of at least 4 members (excludes halogenated alkanes) is 1. The first kappa shape index (κ1) is 13.3. The van der Waals surface area contributed by atoms with Crippen LogP contribution in [0, 0.1) is 0 Å². The molecule has 96 valence electrons. The second-order valence-corrected chi connectivity index (χ2v) is 5.13. The van der Waals surface area contributed by atoms with Gasteiger partial charge in [-0.3, -0.25) is 0 Å². The maximum Gasteiger partial charge on any atom is 0.133 e. The number of para-hydroxylation sites is 1. The number of alkyl halides is 1. The Morgan fingerprint density at radius 2 is 2.06 bits per heavy atom. The zero-order chi connectivity index (χ0) is 13.0. The van der Waals surface area contributed by atoms with E-state index in [1.165, 1.54) is 23.8 Å². The van der Waals surface area contributed by atoms with Crippen LogP contribution in [0.2, 0.25) is 0 Å². The highest BCUT2D eigenvalue weighted by atomic mass is 79.9. The second-order valence-electron chi connectivity index (χ2n) is 4.57. The molecular formula is C15H19BrN2. The van der Waals surface area contributed by atoms with Crippen LogP contribution in [0.4, 0.5) is 5.82 Å². The molecule has 0 unspecified atom stereocenters. The van der Waals surface area contributed by atoms with E-state index in [-0.39, 0.29) is 0 Å². The lowest BCUT2D eigenvalue weighted by atomic mass is 10.1. The van der Waals surface area contributed by atoms with Gasteiger partial charge in [-0.2, -0.15) is 0 Å². The van der Waals surface area contributed by atoms with Crippen molar-refractivity contribution in [3.05, 3.63) is 35.9 Å². The fourth-order valence-electron chi connectivity index (χ4n) is 2.08. The number of pyridine rings is 1. The molecule has 0 aliphatic rings. The molecular weight excluding hydrogens is 288 g/mol. The quantitative estimate of drug-likeness (QED) is 0.763. The van der Waals surface area contributed by atoms with Gasteiger partial charge in [0, 0.05) is 29.9 Å². The van der Waals surface area contributed by atoms with Gasteiger partial charge in [0.2, 0.25) is 0 Å². The Hall–Kier alpha value is -1.09. The molecule has 1 aromatic heterocycles. The zero-order valence-electron chi connectivity index (χ0n) is 11.0. The molecule has 2 aromatic rings. The molecule has 0 atom stereocenters. The first-order chi connectivity index (χ1) is 8.76. The minimum absolute atomic E-state index is 0.844. The van der Waals surface area contributed by atoms with E-state index >= 15 is 0 Å². The van der Waals surface area contributed by atoms with Gasteiger partial charge in [0.05, 0.1) is 5.52 Å². The van der Waals surface area contributed by atoms with Gasteiger partial charge in [-0.1, -0.05) is 47.5 Å². The number of anilines is 1. The van der Waals surface area contributed by atoms with E-state index in [1.807, 2.05) is 6.07 Å². The molecule has 1 heterocycles. The Balaban J connectivity index is 2.41. The standard InChI is InChI=1S/C15H19BrN2/c1-3-4-9-18(2)15-13(11-16)10-12-7-5-6-8-14(12)17-15/h5-8,10H,3-4,9,11H2,1-2H3. The molecule has 2 nitrogen and oxygen atoms in total. The van der Waals surface area contributed by atoms with E-state index in [2.05, 4.69) is 59.1 Å². The molecule has 0 bridgehead atoms. The molecule has 0 fully saturated rings. The zero-order valence-corrected chi connectivity index (χ0v) is 12.6. The molecule has 0 spiro atoms. The Labute approximate surface area is 117 Å². The van der Waals surface area contributed by atoms with E-state index in [4.69, 9.17) is 4.98 Å². The van der Waals surface area contributed by atoms with Crippen molar-refractivity contribution in [2.45, 2.75) is 25.1 Å². The van der Waals surface area contributed by atoms with E-state index in [1.54, 1.807) is 0 Å². The minimum Gasteiger partial charge on any atom is -0.359 e. The van der Waals surface area contributed by atoms with Crippen LogP contribution in [-0.2, 0) is 5.33 Å². The Kier molecular flexibility index (Phi) is 4.59. The van der Waals surface area contributed by atoms with Gasteiger partial charge >= 0.3 is 0 Å². The van der Waals surface area contributed by atoms with Gasteiger partial charge < -0.3 is 4.90 Å². The highest BCUT2D eigenvalue weighted by molar-refractivity contribution is 9.08. The summed E-state index contributed by atoms with van der Waals surface area (Å²) in [5.41, 5.74) is 2.33. The van der Waals surface area contributed by atoms with Crippen LogP contribution in [-0.4, -0.2) is 18.6 Å². The van der Waals surface area contributed by atoms with Crippen LogP contribution in [0.3, 0.4) is 0 Å². The van der Waals surface area contributed by atoms with E-state index in [9.17, 15) is 0 Å². The van der Waals surface area contributed by atoms with Crippen molar-refractivity contribution in [1.29, 1.82) is 0 Å². The number of fused-ring (bicyclic) bond motifs is 1. The van der Waals surface area contributed by atoms with Gasteiger partial charge in [0.1, 0.15) is 5.82 Å². The van der Waals surface area contributed by atoms with Crippen LogP contribution >= 0.6 is 15.9 Å².